The van der Waals surface area contributed by atoms with E-state index in [1.165, 1.54) is 21.3 Å². The summed E-state index contributed by atoms with van der Waals surface area (Å²) in [5.74, 6) is 0. The van der Waals surface area contributed by atoms with Crippen molar-refractivity contribution in [3.63, 3.8) is 0 Å². The molecule has 1 atom stereocenters. The number of nitrogens with zero attached hydrogens (tertiary/aromatic N) is 2. The fraction of sp³-hybridized carbons (Fsp3) is 0.500. The molecule has 0 fully saturated rings. The van der Waals surface area contributed by atoms with E-state index < -0.39 is 0 Å². The minimum Gasteiger partial charge on any atom is -0.305 e. The Kier molecular flexibility index (Phi) is 5.29. The molecule has 0 radical (unpaired) electrons. The Balaban J connectivity index is 2.34. The van der Waals surface area contributed by atoms with Gasteiger partial charge in [-0.1, -0.05) is 18.3 Å². The van der Waals surface area contributed by atoms with Gasteiger partial charge in [0.25, 0.3) is 0 Å². The molecule has 2 aromatic rings. The predicted octanol–water partition coefficient (Wildman–Crippen LogP) is 4.01. The van der Waals surface area contributed by atoms with Crippen molar-refractivity contribution in [3.05, 3.63) is 31.4 Å². The summed E-state index contributed by atoms with van der Waals surface area (Å²) >= 11 is 6.89. The molecule has 2 aromatic heterocycles. The maximum atomic E-state index is 4.22. The second-order valence-electron chi connectivity index (χ2n) is 3.96. The van der Waals surface area contributed by atoms with Crippen molar-refractivity contribution in [1.82, 2.24) is 14.9 Å². The SMILES string of the molecule is CCCNC(c1sccc1Br)c1snnc1CC. The highest BCUT2D eigenvalue weighted by atomic mass is 79.9. The number of halogens is 1. The van der Waals surface area contributed by atoms with Crippen molar-refractivity contribution < 1.29 is 0 Å². The van der Waals surface area contributed by atoms with E-state index in [2.05, 4.69) is 56.1 Å². The zero-order chi connectivity index (χ0) is 13.0. The van der Waals surface area contributed by atoms with Gasteiger partial charge in [-0.3, -0.25) is 0 Å². The van der Waals surface area contributed by atoms with E-state index in [1.54, 1.807) is 11.3 Å². The van der Waals surface area contributed by atoms with Crippen molar-refractivity contribution in [2.75, 3.05) is 6.54 Å². The molecule has 0 saturated heterocycles. The molecule has 0 aromatic carbocycles. The van der Waals surface area contributed by atoms with Crippen molar-refractivity contribution in [1.29, 1.82) is 0 Å². The first-order valence-electron chi connectivity index (χ1n) is 6.05. The molecule has 0 bridgehead atoms. The molecule has 18 heavy (non-hydrogen) atoms. The topological polar surface area (TPSA) is 37.8 Å². The molecular formula is C12H16BrN3S2. The summed E-state index contributed by atoms with van der Waals surface area (Å²) < 4.78 is 5.27. The fourth-order valence-corrected chi connectivity index (χ4v) is 4.37. The lowest BCUT2D eigenvalue weighted by Gasteiger charge is -2.16. The highest BCUT2D eigenvalue weighted by Gasteiger charge is 2.22. The van der Waals surface area contributed by atoms with Gasteiger partial charge in [-0.2, -0.15) is 0 Å². The summed E-state index contributed by atoms with van der Waals surface area (Å²) in [6, 6.07) is 2.31. The second-order valence-corrected chi connectivity index (χ2v) is 6.55. The van der Waals surface area contributed by atoms with Gasteiger partial charge in [-0.25, -0.2) is 0 Å². The Morgan fingerprint density at radius 1 is 1.39 bits per heavy atom. The van der Waals surface area contributed by atoms with Crippen LogP contribution in [0.4, 0.5) is 0 Å². The lowest BCUT2D eigenvalue weighted by Crippen LogP contribution is -2.22. The van der Waals surface area contributed by atoms with E-state index in [4.69, 9.17) is 0 Å². The van der Waals surface area contributed by atoms with Gasteiger partial charge in [0.1, 0.15) is 0 Å². The van der Waals surface area contributed by atoms with Crippen LogP contribution < -0.4 is 5.32 Å². The van der Waals surface area contributed by atoms with Crippen LogP contribution in [0, 0.1) is 0 Å². The van der Waals surface area contributed by atoms with Gasteiger partial charge in [0.2, 0.25) is 0 Å². The number of thiophene rings is 1. The van der Waals surface area contributed by atoms with Crippen LogP contribution in [-0.4, -0.2) is 16.1 Å². The van der Waals surface area contributed by atoms with Gasteiger partial charge in [-0.05, 0) is 58.3 Å². The molecule has 1 N–H and O–H groups in total. The summed E-state index contributed by atoms with van der Waals surface area (Å²) in [7, 11) is 0. The summed E-state index contributed by atoms with van der Waals surface area (Å²) in [6.45, 7) is 5.30. The number of aromatic nitrogens is 2. The molecule has 0 aliphatic carbocycles. The number of hydrogen-bond acceptors (Lipinski definition) is 5. The average molecular weight is 346 g/mol. The lowest BCUT2D eigenvalue weighted by molar-refractivity contribution is 0.606. The number of hydrogen-bond donors (Lipinski definition) is 1. The van der Waals surface area contributed by atoms with Crippen molar-refractivity contribution >= 4 is 38.8 Å². The van der Waals surface area contributed by atoms with Gasteiger partial charge < -0.3 is 5.32 Å². The predicted molar refractivity (Wildman–Crippen MR) is 81.4 cm³/mol. The largest absolute Gasteiger partial charge is 0.305 e. The smallest absolute Gasteiger partial charge is 0.0811 e. The molecule has 1 unspecified atom stereocenters. The Labute approximate surface area is 124 Å². The minimum atomic E-state index is 0.217. The maximum Gasteiger partial charge on any atom is 0.0811 e. The number of aryl methyl sites for hydroxylation is 1. The molecule has 6 heteroatoms. The van der Waals surface area contributed by atoms with Crippen LogP contribution in [0.15, 0.2) is 15.9 Å². The summed E-state index contributed by atoms with van der Waals surface area (Å²) in [6.07, 6.45) is 2.05. The molecule has 0 aliphatic heterocycles. The standard InChI is InChI=1S/C12H16BrN3S2/c1-3-6-14-10(11-8(13)5-7-17-11)12-9(4-2)15-16-18-12/h5,7,10,14H,3-4,6H2,1-2H3. The number of nitrogens with one attached hydrogen (secondary N) is 1. The normalized spacial score (nSPS) is 12.8. The molecule has 2 heterocycles. The van der Waals surface area contributed by atoms with Crippen LogP contribution in [0.3, 0.4) is 0 Å². The zero-order valence-corrected chi connectivity index (χ0v) is 13.7. The van der Waals surface area contributed by atoms with E-state index in [0.29, 0.717) is 0 Å². The quantitative estimate of drug-likeness (QED) is 0.859. The second kappa shape index (κ2) is 6.75. The van der Waals surface area contributed by atoms with Gasteiger partial charge in [0, 0.05) is 9.35 Å². The van der Waals surface area contributed by atoms with Crippen molar-refractivity contribution in [2.24, 2.45) is 0 Å². The average Bonchev–Trinajstić information content (AvgIpc) is 2.99. The molecule has 0 aliphatic rings. The van der Waals surface area contributed by atoms with E-state index in [0.717, 1.165) is 29.6 Å². The molecule has 0 saturated carbocycles. The third-order valence-electron chi connectivity index (χ3n) is 2.69. The number of rotatable bonds is 6. The fourth-order valence-electron chi connectivity index (χ4n) is 1.78. The van der Waals surface area contributed by atoms with Crippen molar-refractivity contribution in [3.8, 4) is 0 Å². The third kappa shape index (κ3) is 2.99. The highest BCUT2D eigenvalue weighted by molar-refractivity contribution is 9.10. The van der Waals surface area contributed by atoms with Gasteiger partial charge in [-0.15, -0.1) is 16.4 Å². The van der Waals surface area contributed by atoms with Crippen LogP contribution in [-0.2, 0) is 6.42 Å². The van der Waals surface area contributed by atoms with E-state index in [1.807, 2.05) is 0 Å². The Morgan fingerprint density at radius 3 is 2.83 bits per heavy atom. The minimum absolute atomic E-state index is 0.217. The first-order valence-corrected chi connectivity index (χ1v) is 8.49. The van der Waals surface area contributed by atoms with Crippen LogP contribution in [0.5, 0.6) is 0 Å². The summed E-state index contributed by atoms with van der Waals surface area (Å²) in [5.41, 5.74) is 1.11. The van der Waals surface area contributed by atoms with Crippen molar-refractivity contribution in [2.45, 2.75) is 32.7 Å². The van der Waals surface area contributed by atoms with Gasteiger partial charge in [0.05, 0.1) is 16.6 Å². The van der Waals surface area contributed by atoms with E-state index in [-0.39, 0.29) is 6.04 Å². The van der Waals surface area contributed by atoms with E-state index >= 15 is 0 Å². The molecule has 0 amide bonds. The van der Waals surface area contributed by atoms with E-state index in [9.17, 15) is 0 Å². The Bertz CT molecular complexity index is 495. The molecular weight excluding hydrogens is 330 g/mol. The highest BCUT2D eigenvalue weighted by Crippen LogP contribution is 2.35. The van der Waals surface area contributed by atoms with Crippen LogP contribution in [0.25, 0.3) is 0 Å². The van der Waals surface area contributed by atoms with Gasteiger partial charge in [0.15, 0.2) is 0 Å². The Hall–Kier alpha value is -0.300. The molecule has 3 nitrogen and oxygen atoms in total. The Morgan fingerprint density at radius 2 is 2.22 bits per heavy atom. The zero-order valence-electron chi connectivity index (χ0n) is 10.4. The third-order valence-corrected chi connectivity index (χ3v) is 5.45. The van der Waals surface area contributed by atoms with Gasteiger partial charge >= 0.3 is 0 Å². The maximum absolute atomic E-state index is 4.22. The summed E-state index contributed by atoms with van der Waals surface area (Å²) in [4.78, 5) is 2.55. The van der Waals surface area contributed by atoms with Crippen LogP contribution in [0.2, 0.25) is 0 Å². The first-order chi connectivity index (χ1) is 8.77. The monoisotopic (exact) mass is 345 g/mol. The van der Waals surface area contributed by atoms with Crippen LogP contribution >= 0.6 is 38.8 Å². The van der Waals surface area contributed by atoms with Crippen LogP contribution in [0.1, 0.15) is 41.8 Å². The molecule has 0 spiro atoms. The molecule has 2 rings (SSSR count). The summed E-state index contributed by atoms with van der Waals surface area (Å²) in [5, 5.41) is 9.93. The first kappa shape index (κ1) is 14.1. The molecule has 98 valence electrons. The lowest BCUT2D eigenvalue weighted by atomic mass is 10.1.